The van der Waals surface area contributed by atoms with Crippen LogP contribution in [0.5, 0.6) is 11.5 Å². The van der Waals surface area contributed by atoms with Gasteiger partial charge in [-0.1, -0.05) is 0 Å². The van der Waals surface area contributed by atoms with E-state index in [1.165, 1.54) is 12.1 Å². The zero-order chi connectivity index (χ0) is 21.1. The Kier molecular flexibility index (Phi) is 5.38. The molecule has 4 rings (SSSR count). The molecule has 0 radical (unpaired) electrons. The third kappa shape index (κ3) is 4.12. The number of anilines is 2. The van der Waals surface area contributed by atoms with Crippen molar-refractivity contribution in [2.75, 3.05) is 36.7 Å². The van der Waals surface area contributed by atoms with Crippen molar-refractivity contribution in [2.24, 2.45) is 0 Å². The SMILES string of the molecule is O=C(COC(=O)c1cc([N+](=O)[O-])ccc1N1CCCC1)Nc1ccc2c(c1)OCO2. The van der Waals surface area contributed by atoms with Gasteiger partial charge in [0.15, 0.2) is 18.1 Å². The van der Waals surface area contributed by atoms with Crippen molar-refractivity contribution in [3.8, 4) is 11.5 Å². The second-order valence-electron chi connectivity index (χ2n) is 6.85. The molecule has 30 heavy (non-hydrogen) atoms. The molecule has 0 saturated carbocycles. The van der Waals surface area contributed by atoms with Crippen LogP contribution in [-0.2, 0) is 9.53 Å². The van der Waals surface area contributed by atoms with Gasteiger partial charge >= 0.3 is 5.97 Å². The van der Waals surface area contributed by atoms with E-state index in [2.05, 4.69) is 5.32 Å². The molecule has 1 amide bonds. The van der Waals surface area contributed by atoms with E-state index in [0.717, 1.165) is 25.9 Å². The maximum absolute atomic E-state index is 12.6. The standard InChI is InChI=1S/C20H19N3O7/c24-19(21-13-3-6-17-18(9-13)30-12-29-17)11-28-20(25)15-10-14(23(26)27)4-5-16(15)22-7-1-2-8-22/h3-6,9-10H,1-2,7-8,11-12H2,(H,21,24). The van der Waals surface area contributed by atoms with Gasteiger partial charge in [-0.25, -0.2) is 4.79 Å². The zero-order valence-corrected chi connectivity index (χ0v) is 16.0. The van der Waals surface area contributed by atoms with Gasteiger partial charge in [-0.05, 0) is 31.0 Å². The summed E-state index contributed by atoms with van der Waals surface area (Å²) in [5, 5.41) is 13.7. The highest BCUT2D eigenvalue weighted by Gasteiger charge is 2.24. The summed E-state index contributed by atoms with van der Waals surface area (Å²) in [6, 6.07) is 9.00. The number of non-ortho nitro benzene ring substituents is 1. The van der Waals surface area contributed by atoms with Crippen molar-refractivity contribution in [1.82, 2.24) is 0 Å². The topological polar surface area (TPSA) is 120 Å². The van der Waals surface area contributed by atoms with E-state index in [4.69, 9.17) is 14.2 Å². The Morgan fingerprint density at radius 3 is 2.63 bits per heavy atom. The molecular weight excluding hydrogens is 394 g/mol. The number of amides is 1. The summed E-state index contributed by atoms with van der Waals surface area (Å²) in [5.41, 5.74) is 0.893. The highest BCUT2D eigenvalue weighted by Crippen LogP contribution is 2.34. The van der Waals surface area contributed by atoms with E-state index in [1.807, 2.05) is 4.90 Å². The van der Waals surface area contributed by atoms with Crippen LogP contribution in [0.4, 0.5) is 17.1 Å². The fraction of sp³-hybridized carbons (Fsp3) is 0.300. The fourth-order valence-corrected chi connectivity index (χ4v) is 3.42. The number of esters is 1. The number of fused-ring (bicyclic) bond motifs is 1. The van der Waals surface area contributed by atoms with Gasteiger partial charge in [0.05, 0.1) is 16.2 Å². The van der Waals surface area contributed by atoms with E-state index in [9.17, 15) is 19.7 Å². The first-order valence-corrected chi connectivity index (χ1v) is 9.41. The highest BCUT2D eigenvalue weighted by molar-refractivity contribution is 5.99. The van der Waals surface area contributed by atoms with Gasteiger partial charge in [0, 0.05) is 37.0 Å². The molecule has 0 unspecified atom stereocenters. The van der Waals surface area contributed by atoms with E-state index >= 15 is 0 Å². The number of carbonyl (C=O) groups is 2. The fourth-order valence-electron chi connectivity index (χ4n) is 3.42. The Bertz CT molecular complexity index is 1000. The summed E-state index contributed by atoms with van der Waals surface area (Å²) in [4.78, 5) is 37.3. The molecule has 156 valence electrons. The van der Waals surface area contributed by atoms with Crippen LogP contribution >= 0.6 is 0 Å². The first kappa shape index (κ1) is 19.5. The van der Waals surface area contributed by atoms with E-state index in [-0.39, 0.29) is 18.0 Å². The van der Waals surface area contributed by atoms with E-state index in [1.54, 1.807) is 24.3 Å². The summed E-state index contributed by atoms with van der Waals surface area (Å²) in [6.07, 6.45) is 1.95. The Balaban J connectivity index is 1.43. The number of benzene rings is 2. The third-order valence-electron chi connectivity index (χ3n) is 4.85. The lowest BCUT2D eigenvalue weighted by molar-refractivity contribution is -0.384. The van der Waals surface area contributed by atoms with Crippen LogP contribution in [0.25, 0.3) is 0 Å². The molecule has 0 aliphatic carbocycles. The van der Waals surface area contributed by atoms with Crippen LogP contribution in [0.15, 0.2) is 36.4 Å². The molecule has 2 aromatic rings. The van der Waals surface area contributed by atoms with Crippen LogP contribution < -0.4 is 19.7 Å². The number of nitro groups is 1. The number of carbonyl (C=O) groups excluding carboxylic acids is 2. The van der Waals surface area contributed by atoms with Gasteiger partial charge in [-0.2, -0.15) is 0 Å². The molecule has 1 saturated heterocycles. The maximum atomic E-state index is 12.6. The van der Waals surface area contributed by atoms with Gasteiger partial charge in [-0.15, -0.1) is 0 Å². The second-order valence-corrected chi connectivity index (χ2v) is 6.85. The predicted octanol–water partition coefficient (Wildman–Crippen LogP) is 2.72. The van der Waals surface area contributed by atoms with Crippen molar-refractivity contribution in [3.05, 3.63) is 52.1 Å². The van der Waals surface area contributed by atoms with E-state index < -0.39 is 23.4 Å². The van der Waals surface area contributed by atoms with Crippen LogP contribution in [0.2, 0.25) is 0 Å². The average molecular weight is 413 g/mol. The lowest BCUT2D eigenvalue weighted by atomic mass is 10.1. The lowest BCUT2D eigenvalue weighted by Gasteiger charge is -2.20. The normalized spacial score (nSPS) is 14.5. The van der Waals surface area contributed by atoms with Crippen molar-refractivity contribution in [1.29, 1.82) is 0 Å². The smallest absolute Gasteiger partial charge is 0.341 e. The number of hydrogen-bond donors (Lipinski definition) is 1. The largest absolute Gasteiger partial charge is 0.454 e. The van der Waals surface area contributed by atoms with Gasteiger partial charge in [0.25, 0.3) is 11.6 Å². The molecule has 1 fully saturated rings. The van der Waals surface area contributed by atoms with Gasteiger partial charge < -0.3 is 24.4 Å². The molecule has 2 aromatic carbocycles. The number of nitro benzene ring substituents is 1. The first-order chi connectivity index (χ1) is 14.5. The number of nitrogens with zero attached hydrogens (tertiary/aromatic N) is 2. The minimum Gasteiger partial charge on any atom is -0.454 e. The molecule has 2 heterocycles. The predicted molar refractivity (Wildman–Crippen MR) is 106 cm³/mol. The molecule has 1 N–H and O–H groups in total. The molecule has 2 aliphatic rings. The maximum Gasteiger partial charge on any atom is 0.341 e. The van der Waals surface area contributed by atoms with Gasteiger partial charge in [0.1, 0.15) is 0 Å². The monoisotopic (exact) mass is 413 g/mol. The lowest BCUT2D eigenvalue weighted by Crippen LogP contribution is -2.24. The highest BCUT2D eigenvalue weighted by atomic mass is 16.7. The van der Waals surface area contributed by atoms with Crippen LogP contribution in [0, 0.1) is 10.1 Å². The third-order valence-corrected chi connectivity index (χ3v) is 4.85. The molecule has 0 aromatic heterocycles. The Labute approximate surface area is 171 Å². The molecule has 2 aliphatic heterocycles. The summed E-state index contributed by atoms with van der Waals surface area (Å²) < 4.78 is 15.6. The summed E-state index contributed by atoms with van der Waals surface area (Å²) in [5.74, 6) is -0.243. The van der Waals surface area contributed by atoms with Crippen LogP contribution in [-0.4, -0.2) is 43.3 Å². The van der Waals surface area contributed by atoms with Crippen molar-refractivity contribution in [2.45, 2.75) is 12.8 Å². The molecule has 0 spiro atoms. The zero-order valence-electron chi connectivity index (χ0n) is 16.0. The quantitative estimate of drug-likeness (QED) is 0.436. The number of hydrogen-bond acceptors (Lipinski definition) is 8. The number of rotatable bonds is 6. The average Bonchev–Trinajstić information content (AvgIpc) is 3.43. The second kappa shape index (κ2) is 8.27. The summed E-state index contributed by atoms with van der Waals surface area (Å²) in [6.45, 7) is 1.09. The molecular formula is C20H19N3O7. The van der Waals surface area contributed by atoms with Crippen molar-refractivity contribution in [3.63, 3.8) is 0 Å². The van der Waals surface area contributed by atoms with Crippen molar-refractivity contribution >= 4 is 28.9 Å². The van der Waals surface area contributed by atoms with Gasteiger partial charge in [-0.3, -0.25) is 14.9 Å². The Morgan fingerprint density at radius 1 is 1.10 bits per heavy atom. The number of ether oxygens (including phenoxy) is 3. The van der Waals surface area contributed by atoms with Crippen LogP contribution in [0.3, 0.4) is 0 Å². The summed E-state index contributed by atoms with van der Waals surface area (Å²) in [7, 11) is 0. The molecule has 10 heteroatoms. The Hall–Kier alpha value is -3.82. The molecule has 0 bridgehead atoms. The van der Waals surface area contributed by atoms with Crippen molar-refractivity contribution < 1.29 is 28.7 Å². The minimum atomic E-state index is -0.790. The van der Waals surface area contributed by atoms with Gasteiger partial charge in [0.2, 0.25) is 6.79 Å². The Morgan fingerprint density at radius 2 is 1.87 bits per heavy atom. The van der Waals surface area contributed by atoms with E-state index in [0.29, 0.717) is 22.9 Å². The minimum absolute atomic E-state index is 0.0713. The first-order valence-electron chi connectivity index (χ1n) is 9.41. The van der Waals surface area contributed by atoms with Crippen LogP contribution in [0.1, 0.15) is 23.2 Å². The summed E-state index contributed by atoms with van der Waals surface area (Å²) >= 11 is 0. The number of nitrogens with one attached hydrogen (secondary N) is 1. The molecule has 0 atom stereocenters. The molecule has 10 nitrogen and oxygen atoms in total.